The van der Waals surface area contributed by atoms with Gasteiger partial charge in [-0.2, -0.15) is 0 Å². The normalized spacial score (nSPS) is 45.0. The van der Waals surface area contributed by atoms with Crippen LogP contribution in [0.25, 0.3) is 0 Å². The highest BCUT2D eigenvalue weighted by atomic mass is 32.3. The van der Waals surface area contributed by atoms with Crippen LogP contribution in [0.4, 0.5) is 0 Å². The molecule has 0 unspecified atom stereocenters. The third kappa shape index (κ3) is 4.18. The van der Waals surface area contributed by atoms with Gasteiger partial charge in [0, 0.05) is 5.92 Å². The Morgan fingerprint density at radius 3 is 1.77 bits per heavy atom. The van der Waals surface area contributed by atoms with E-state index in [4.69, 9.17) is 0 Å². The Hall–Kier alpha value is -0.200. The van der Waals surface area contributed by atoms with E-state index >= 15 is 0 Å². The summed E-state index contributed by atoms with van der Waals surface area (Å²) in [6.07, 6.45) is 7.17. The minimum atomic E-state index is -4.17. The lowest BCUT2D eigenvalue weighted by Gasteiger charge is -2.65. The number of hydrogen-bond donors (Lipinski definition) is 0. The Balaban J connectivity index is 1.44. The average molecular weight is 681 g/mol. The van der Waals surface area contributed by atoms with Gasteiger partial charge in [-0.3, -0.25) is 0 Å². The second-order valence-electron chi connectivity index (χ2n) is 16.4. The second-order valence-corrected chi connectivity index (χ2v) is 26.5. The molecule has 8 atom stereocenters. The van der Waals surface area contributed by atoms with Gasteiger partial charge in [0.2, 0.25) is 0 Å². The van der Waals surface area contributed by atoms with E-state index < -0.39 is 88.3 Å². The maximum atomic E-state index is 14.2. The van der Waals surface area contributed by atoms with Crippen molar-refractivity contribution < 1.29 is 33.7 Å². The Labute approximate surface area is 260 Å². The van der Waals surface area contributed by atoms with Crippen molar-refractivity contribution in [3.05, 3.63) is 0 Å². The molecule has 0 aromatic rings. The fourth-order valence-corrected chi connectivity index (χ4v) is 25.2. The molecule has 8 nitrogen and oxygen atoms in total. The number of rotatable bonds is 5. The molecule has 2 saturated heterocycles. The molecule has 0 aromatic heterocycles. The Morgan fingerprint density at radius 2 is 1.19 bits per heavy atom. The van der Waals surface area contributed by atoms with E-state index in [1.807, 2.05) is 6.92 Å². The molecular formula is C31H52O8S4. The molecular weight excluding hydrogens is 629 g/mol. The molecule has 0 radical (unpaired) electrons. The summed E-state index contributed by atoms with van der Waals surface area (Å²) in [7, 11) is -16.5. The van der Waals surface area contributed by atoms with Gasteiger partial charge in [0.05, 0.1) is 23.0 Å². The molecule has 4 saturated carbocycles. The predicted octanol–water partition coefficient (Wildman–Crippen LogP) is 4.80. The largest absolute Gasteiger partial charge is 0.227 e. The van der Waals surface area contributed by atoms with Crippen molar-refractivity contribution in [2.75, 3.05) is 23.0 Å². The van der Waals surface area contributed by atoms with Crippen LogP contribution in [-0.2, 0) is 39.3 Å². The molecule has 6 rings (SSSR count). The minimum absolute atomic E-state index is 0.00293. The van der Waals surface area contributed by atoms with Crippen LogP contribution in [0.3, 0.4) is 0 Å². The third-order valence-corrected chi connectivity index (χ3v) is 26.9. The molecule has 0 aromatic carbocycles. The maximum absolute atomic E-state index is 14.2. The van der Waals surface area contributed by atoms with E-state index in [1.165, 1.54) is 12.8 Å². The summed E-state index contributed by atoms with van der Waals surface area (Å²) in [6, 6.07) is 0. The van der Waals surface area contributed by atoms with E-state index in [1.54, 1.807) is 0 Å². The van der Waals surface area contributed by atoms with Crippen molar-refractivity contribution in [1.82, 2.24) is 0 Å². The highest BCUT2D eigenvalue weighted by Gasteiger charge is 2.78. The molecule has 2 aliphatic heterocycles. The van der Waals surface area contributed by atoms with E-state index in [0.29, 0.717) is 17.8 Å². The first-order valence-electron chi connectivity index (χ1n) is 16.6. The second kappa shape index (κ2) is 9.91. The lowest BCUT2D eigenvalue weighted by atomic mass is 9.44. The summed E-state index contributed by atoms with van der Waals surface area (Å²) in [6.45, 7) is 11.2. The van der Waals surface area contributed by atoms with Gasteiger partial charge >= 0.3 is 0 Å². The van der Waals surface area contributed by atoms with Crippen LogP contribution in [0.15, 0.2) is 0 Å². The molecule has 2 heterocycles. The van der Waals surface area contributed by atoms with Crippen LogP contribution in [-0.4, -0.2) is 64.8 Å². The van der Waals surface area contributed by atoms with Crippen molar-refractivity contribution in [3.8, 4) is 0 Å². The lowest BCUT2D eigenvalue weighted by molar-refractivity contribution is -0.119. The number of hydrogen-bond acceptors (Lipinski definition) is 8. The van der Waals surface area contributed by atoms with Gasteiger partial charge in [0.1, 0.15) is 0 Å². The zero-order valence-corrected chi connectivity index (χ0v) is 29.8. The van der Waals surface area contributed by atoms with Gasteiger partial charge in [-0.25, -0.2) is 33.7 Å². The van der Waals surface area contributed by atoms with Gasteiger partial charge < -0.3 is 0 Å². The molecule has 0 N–H and O–H groups in total. The molecule has 4 aliphatic carbocycles. The van der Waals surface area contributed by atoms with Crippen molar-refractivity contribution in [2.24, 2.45) is 52.3 Å². The van der Waals surface area contributed by atoms with Crippen molar-refractivity contribution >= 4 is 39.3 Å². The molecule has 0 amide bonds. The van der Waals surface area contributed by atoms with Crippen LogP contribution < -0.4 is 0 Å². The molecule has 43 heavy (non-hydrogen) atoms. The first-order valence-corrected chi connectivity index (χ1v) is 23.2. The summed E-state index contributed by atoms with van der Waals surface area (Å²) < 4.78 is 106. The zero-order valence-electron chi connectivity index (χ0n) is 26.5. The van der Waals surface area contributed by atoms with E-state index in [2.05, 4.69) is 27.7 Å². The van der Waals surface area contributed by atoms with Crippen molar-refractivity contribution in [2.45, 2.75) is 113 Å². The van der Waals surface area contributed by atoms with E-state index in [0.717, 1.165) is 32.1 Å². The number of sulfone groups is 4. The fraction of sp³-hybridized carbons (Fsp3) is 1.00. The fourth-order valence-electron chi connectivity index (χ4n) is 12.1. The van der Waals surface area contributed by atoms with E-state index in [9.17, 15) is 33.7 Å². The Morgan fingerprint density at radius 1 is 0.628 bits per heavy atom. The standard InChI is InChI=1S/C31H52O8S4/c1-21(2)7-6-8-22(3)24-9-10-25-23-19-31(42(36,37)17-18-43(31,38)39)27-20-30(40(32,33)15-16-41(30,34)35)14-13-29(27,5)26(23)11-12-28(24,25)4/h21-27H,6-20H2,1-5H3/t22-,23+,24-,25+,26+,27+,28-,29-/m1/s1. The molecule has 248 valence electrons. The highest BCUT2D eigenvalue weighted by molar-refractivity contribution is 8.14. The van der Waals surface area contributed by atoms with E-state index in [-0.39, 0.29) is 42.4 Å². The Bertz CT molecular complexity index is 1530. The summed E-state index contributed by atoms with van der Waals surface area (Å²) in [5.41, 5.74) is -0.766. The quantitative estimate of drug-likeness (QED) is 0.404. The van der Waals surface area contributed by atoms with Crippen LogP contribution in [0.1, 0.15) is 105 Å². The summed E-state index contributed by atoms with van der Waals surface area (Å²) in [5, 5.41) is 0. The first kappa shape index (κ1) is 32.7. The SMILES string of the molecule is CC(C)CCC[C@@H](C)[C@H]1CC[C@H]2[C@@H]3CC4([C@H]5CC6(CC[C@]5(C)[C@H]3CC[C@]12C)S(=O)(=O)CCS6(=O)=O)S(=O)(=O)CCS4(=O)=O. The van der Waals surface area contributed by atoms with Gasteiger partial charge in [0.15, 0.2) is 47.5 Å². The molecule has 6 fully saturated rings. The van der Waals surface area contributed by atoms with Gasteiger partial charge in [0.25, 0.3) is 0 Å². The first-order chi connectivity index (χ1) is 19.7. The van der Waals surface area contributed by atoms with Crippen LogP contribution >= 0.6 is 0 Å². The molecule has 12 heteroatoms. The molecule has 6 aliphatic rings. The van der Waals surface area contributed by atoms with Gasteiger partial charge in [-0.1, -0.05) is 53.9 Å². The minimum Gasteiger partial charge on any atom is -0.227 e. The maximum Gasteiger partial charge on any atom is 0.177 e. The van der Waals surface area contributed by atoms with Gasteiger partial charge in [-0.05, 0) is 97.7 Å². The number of fused-ring (bicyclic) bond motifs is 6. The van der Waals surface area contributed by atoms with Crippen molar-refractivity contribution in [3.63, 3.8) is 0 Å². The smallest absolute Gasteiger partial charge is 0.177 e. The Kier molecular flexibility index (Phi) is 7.54. The van der Waals surface area contributed by atoms with Gasteiger partial charge in [-0.15, -0.1) is 0 Å². The average Bonchev–Trinajstić information content (AvgIpc) is 3.40. The summed E-state index contributed by atoms with van der Waals surface area (Å²) >= 11 is 0. The monoisotopic (exact) mass is 680 g/mol. The molecule has 0 bridgehead atoms. The highest BCUT2D eigenvalue weighted by Crippen LogP contribution is 2.73. The van der Waals surface area contributed by atoms with Crippen LogP contribution in [0, 0.1) is 52.3 Å². The topological polar surface area (TPSA) is 137 Å². The zero-order chi connectivity index (χ0) is 31.6. The third-order valence-electron chi connectivity index (χ3n) is 14.3. The summed E-state index contributed by atoms with van der Waals surface area (Å²) in [4.78, 5) is 0. The van der Waals surface area contributed by atoms with Crippen LogP contribution in [0.2, 0.25) is 0 Å². The predicted molar refractivity (Wildman–Crippen MR) is 169 cm³/mol. The summed E-state index contributed by atoms with van der Waals surface area (Å²) in [5.74, 6) is -1.07. The molecule has 2 spiro atoms. The van der Waals surface area contributed by atoms with Crippen molar-refractivity contribution in [1.29, 1.82) is 0 Å². The van der Waals surface area contributed by atoms with Crippen LogP contribution in [0.5, 0.6) is 0 Å². The lowest BCUT2D eigenvalue weighted by Crippen LogP contribution is -2.68.